The van der Waals surface area contributed by atoms with E-state index >= 15 is 0 Å². The Morgan fingerprint density at radius 2 is 2.19 bits per heavy atom. The molecule has 3 nitrogen and oxygen atoms in total. The first-order valence-corrected chi connectivity index (χ1v) is 6.89. The molecular weight excluding hydrogens is 218 g/mol. The van der Waals surface area contributed by atoms with E-state index in [1.54, 1.807) is 0 Å². The highest BCUT2D eigenvalue weighted by Crippen LogP contribution is 2.29. The number of thioether (sulfide) groups is 1. The maximum Gasteiger partial charge on any atom is 0.155 e. The predicted octanol–water partition coefficient (Wildman–Crippen LogP) is 2.65. The van der Waals surface area contributed by atoms with E-state index in [0.29, 0.717) is 5.92 Å². The van der Waals surface area contributed by atoms with Gasteiger partial charge in [-0.15, -0.1) is 0 Å². The quantitative estimate of drug-likeness (QED) is 0.758. The molecule has 0 aromatic carbocycles. The average molecular weight is 233 g/mol. The Balaban J connectivity index is 1.97. The van der Waals surface area contributed by atoms with E-state index in [0.717, 1.165) is 11.5 Å². The van der Waals surface area contributed by atoms with Crippen LogP contribution in [0, 0.1) is 6.92 Å². The molecule has 0 saturated carbocycles. The molecule has 2 aromatic heterocycles. The van der Waals surface area contributed by atoms with E-state index in [9.17, 15) is 0 Å². The van der Waals surface area contributed by atoms with Crippen LogP contribution in [-0.4, -0.2) is 26.1 Å². The van der Waals surface area contributed by atoms with E-state index in [4.69, 9.17) is 0 Å². The molecule has 4 heteroatoms. The zero-order chi connectivity index (χ0) is 11.0. The smallest absolute Gasteiger partial charge is 0.155 e. The zero-order valence-electron chi connectivity index (χ0n) is 9.39. The third-order valence-corrected chi connectivity index (χ3v) is 4.14. The summed E-state index contributed by atoms with van der Waals surface area (Å²) in [6.45, 7) is 2.09. The average Bonchev–Trinajstić information content (AvgIpc) is 2.73. The first kappa shape index (κ1) is 10.1. The van der Waals surface area contributed by atoms with Crippen molar-refractivity contribution >= 4 is 17.4 Å². The molecule has 0 atom stereocenters. The van der Waals surface area contributed by atoms with Gasteiger partial charge in [-0.05, 0) is 49.0 Å². The largest absolute Gasteiger partial charge is 0.221 e. The highest BCUT2D eigenvalue weighted by molar-refractivity contribution is 7.99. The summed E-state index contributed by atoms with van der Waals surface area (Å²) in [6, 6.07) is 4.16. The lowest BCUT2D eigenvalue weighted by Crippen LogP contribution is -2.09. The van der Waals surface area contributed by atoms with Crippen LogP contribution in [0.2, 0.25) is 0 Å². The number of aromatic nitrogens is 3. The van der Waals surface area contributed by atoms with E-state index in [-0.39, 0.29) is 0 Å². The van der Waals surface area contributed by atoms with Gasteiger partial charge in [0.05, 0.1) is 0 Å². The minimum Gasteiger partial charge on any atom is -0.221 e. The molecule has 1 aliphatic heterocycles. The van der Waals surface area contributed by atoms with Gasteiger partial charge in [0, 0.05) is 12.1 Å². The van der Waals surface area contributed by atoms with Gasteiger partial charge in [-0.1, -0.05) is 0 Å². The molecule has 0 N–H and O–H groups in total. The van der Waals surface area contributed by atoms with Gasteiger partial charge in [0.25, 0.3) is 0 Å². The Kier molecular flexibility index (Phi) is 2.59. The Hall–Kier alpha value is -1.03. The summed E-state index contributed by atoms with van der Waals surface area (Å²) in [5.74, 6) is 4.10. The number of pyridine rings is 1. The molecule has 3 heterocycles. The molecule has 0 spiro atoms. The van der Waals surface area contributed by atoms with Gasteiger partial charge < -0.3 is 0 Å². The molecule has 0 amide bonds. The summed E-state index contributed by atoms with van der Waals surface area (Å²) in [5, 5.41) is 4.57. The summed E-state index contributed by atoms with van der Waals surface area (Å²) >= 11 is 2.04. The monoisotopic (exact) mass is 233 g/mol. The van der Waals surface area contributed by atoms with Crippen molar-refractivity contribution in [1.82, 2.24) is 14.6 Å². The Morgan fingerprint density at radius 1 is 1.38 bits per heavy atom. The third-order valence-electron chi connectivity index (χ3n) is 3.10. The molecule has 0 bridgehead atoms. The predicted molar refractivity (Wildman–Crippen MR) is 67.0 cm³/mol. The summed E-state index contributed by atoms with van der Waals surface area (Å²) in [4.78, 5) is 4.64. The van der Waals surface area contributed by atoms with Crippen molar-refractivity contribution in [1.29, 1.82) is 0 Å². The lowest BCUT2D eigenvalue weighted by Gasteiger charge is -2.17. The van der Waals surface area contributed by atoms with Crippen molar-refractivity contribution < 1.29 is 0 Å². The molecule has 1 fully saturated rings. The Labute approximate surface area is 99.3 Å². The highest BCUT2D eigenvalue weighted by atomic mass is 32.2. The maximum atomic E-state index is 4.64. The van der Waals surface area contributed by atoms with Crippen LogP contribution in [0.3, 0.4) is 0 Å². The number of rotatable bonds is 1. The van der Waals surface area contributed by atoms with Crippen molar-refractivity contribution in [2.75, 3.05) is 11.5 Å². The van der Waals surface area contributed by atoms with Crippen molar-refractivity contribution in [3.63, 3.8) is 0 Å². The van der Waals surface area contributed by atoms with Crippen LogP contribution in [0.15, 0.2) is 18.3 Å². The van der Waals surface area contributed by atoms with Gasteiger partial charge in [0.1, 0.15) is 0 Å². The lowest BCUT2D eigenvalue weighted by molar-refractivity contribution is 0.598. The minimum atomic E-state index is 0.571. The SMILES string of the molecule is Cc1ccn2nc(C3CCSCC3)nc2c1. The summed E-state index contributed by atoms with van der Waals surface area (Å²) < 4.78 is 1.89. The molecule has 2 aromatic rings. The third kappa shape index (κ3) is 1.82. The number of aryl methyl sites for hydroxylation is 1. The van der Waals surface area contributed by atoms with Gasteiger partial charge in [-0.2, -0.15) is 16.9 Å². The molecule has 0 radical (unpaired) electrons. The first-order chi connectivity index (χ1) is 7.83. The van der Waals surface area contributed by atoms with E-state index in [1.807, 2.05) is 22.5 Å². The summed E-state index contributed by atoms with van der Waals surface area (Å²) in [7, 11) is 0. The highest BCUT2D eigenvalue weighted by Gasteiger charge is 2.19. The number of hydrogen-bond donors (Lipinski definition) is 0. The van der Waals surface area contributed by atoms with Crippen LogP contribution in [0.4, 0.5) is 0 Å². The first-order valence-electron chi connectivity index (χ1n) is 5.73. The van der Waals surface area contributed by atoms with E-state index in [1.165, 1.54) is 29.9 Å². The van der Waals surface area contributed by atoms with Crippen LogP contribution in [0.1, 0.15) is 30.1 Å². The number of fused-ring (bicyclic) bond motifs is 1. The van der Waals surface area contributed by atoms with Crippen LogP contribution in [0.5, 0.6) is 0 Å². The standard InChI is InChI=1S/C12H15N3S/c1-9-2-5-15-11(8-9)13-12(14-15)10-3-6-16-7-4-10/h2,5,8,10H,3-4,6-7H2,1H3. The molecule has 1 aliphatic rings. The van der Waals surface area contributed by atoms with Crippen molar-refractivity contribution in [2.24, 2.45) is 0 Å². The molecular formula is C12H15N3S. The van der Waals surface area contributed by atoms with Crippen LogP contribution in [0.25, 0.3) is 5.65 Å². The lowest BCUT2D eigenvalue weighted by atomic mass is 10.0. The van der Waals surface area contributed by atoms with Crippen LogP contribution < -0.4 is 0 Å². The second kappa shape index (κ2) is 4.09. The molecule has 0 unspecified atom stereocenters. The fourth-order valence-electron chi connectivity index (χ4n) is 2.13. The maximum absolute atomic E-state index is 4.64. The molecule has 3 rings (SSSR count). The normalized spacial score (nSPS) is 18.1. The second-order valence-electron chi connectivity index (χ2n) is 4.36. The number of nitrogens with zero attached hydrogens (tertiary/aromatic N) is 3. The molecule has 0 aliphatic carbocycles. The van der Waals surface area contributed by atoms with E-state index in [2.05, 4.69) is 29.1 Å². The van der Waals surface area contributed by atoms with Gasteiger partial charge in [-0.3, -0.25) is 0 Å². The van der Waals surface area contributed by atoms with Crippen molar-refractivity contribution in [3.8, 4) is 0 Å². The van der Waals surface area contributed by atoms with Gasteiger partial charge in [0.15, 0.2) is 11.5 Å². The van der Waals surface area contributed by atoms with Crippen molar-refractivity contribution in [2.45, 2.75) is 25.7 Å². The summed E-state index contributed by atoms with van der Waals surface area (Å²) in [5.41, 5.74) is 2.22. The molecule has 84 valence electrons. The van der Waals surface area contributed by atoms with Crippen LogP contribution >= 0.6 is 11.8 Å². The fraction of sp³-hybridized carbons (Fsp3) is 0.500. The topological polar surface area (TPSA) is 30.2 Å². The zero-order valence-corrected chi connectivity index (χ0v) is 10.2. The minimum absolute atomic E-state index is 0.571. The Morgan fingerprint density at radius 3 is 3.00 bits per heavy atom. The molecule has 1 saturated heterocycles. The van der Waals surface area contributed by atoms with Gasteiger partial charge in [0.2, 0.25) is 0 Å². The van der Waals surface area contributed by atoms with E-state index < -0.39 is 0 Å². The van der Waals surface area contributed by atoms with Crippen molar-refractivity contribution in [3.05, 3.63) is 29.7 Å². The van der Waals surface area contributed by atoms with Gasteiger partial charge >= 0.3 is 0 Å². The fourth-order valence-corrected chi connectivity index (χ4v) is 3.24. The second-order valence-corrected chi connectivity index (χ2v) is 5.59. The molecule has 16 heavy (non-hydrogen) atoms. The van der Waals surface area contributed by atoms with Crippen LogP contribution in [-0.2, 0) is 0 Å². The summed E-state index contributed by atoms with van der Waals surface area (Å²) in [6.07, 6.45) is 4.44. The Bertz CT molecular complexity index is 500. The number of hydrogen-bond acceptors (Lipinski definition) is 3. The van der Waals surface area contributed by atoms with Gasteiger partial charge in [-0.25, -0.2) is 9.50 Å².